The fraction of sp³-hybridized carbons (Fsp3) is 0.296. The van der Waals surface area contributed by atoms with E-state index < -0.39 is 17.0 Å². The van der Waals surface area contributed by atoms with Gasteiger partial charge in [-0.1, -0.05) is 43.6 Å². The van der Waals surface area contributed by atoms with Gasteiger partial charge in [0.1, 0.15) is 18.1 Å². The second-order valence-electron chi connectivity index (χ2n) is 8.78. The van der Waals surface area contributed by atoms with Gasteiger partial charge in [-0.15, -0.1) is 0 Å². The zero-order valence-corrected chi connectivity index (χ0v) is 22.1. The van der Waals surface area contributed by atoms with Crippen molar-refractivity contribution in [2.75, 3.05) is 10.8 Å². The average Bonchev–Trinajstić information content (AvgIpc) is 3.23. The molecule has 2 aromatic carbocycles. The van der Waals surface area contributed by atoms with Gasteiger partial charge in [0, 0.05) is 17.6 Å². The number of carboxylic acids is 1. The molecule has 0 fully saturated rings. The van der Waals surface area contributed by atoms with Gasteiger partial charge in [-0.25, -0.2) is 9.00 Å². The molecule has 1 heterocycles. The van der Waals surface area contributed by atoms with Crippen molar-refractivity contribution >= 4 is 40.3 Å². The highest BCUT2D eigenvalue weighted by molar-refractivity contribution is 7.86. The Morgan fingerprint density at radius 2 is 1.89 bits per heavy atom. The maximum atomic E-state index is 13.5. The van der Waals surface area contributed by atoms with Crippen molar-refractivity contribution in [3.8, 4) is 5.75 Å². The molecule has 1 unspecified atom stereocenters. The molecule has 1 aromatic heterocycles. The van der Waals surface area contributed by atoms with Crippen molar-refractivity contribution in [1.82, 2.24) is 0 Å². The standard InChI is InChI=1S/C27H30ClNO5S/c1-17(2)15-29(35(32)27-11-6-20(5)34-27)24-14-23(28)19(4)13-25(24)33-16-22-9-7-21(12-18(22)3)8-10-26(30)31/h6-14,17H,15-16H2,1-5H3,(H,30,31)/b10-8+. The topological polar surface area (TPSA) is 80.0 Å². The Morgan fingerprint density at radius 3 is 2.49 bits per heavy atom. The Labute approximate surface area is 213 Å². The molecule has 1 N–H and O–H groups in total. The van der Waals surface area contributed by atoms with Gasteiger partial charge in [-0.05, 0) is 79.3 Å². The fourth-order valence-electron chi connectivity index (χ4n) is 3.46. The Kier molecular flexibility index (Phi) is 8.81. The highest BCUT2D eigenvalue weighted by Gasteiger charge is 2.24. The predicted octanol–water partition coefficient (Wildman–Crippen LogP) is 6.72. The normalized spacial score (nSPS) is 12.3. The zero-order valence-electron chi connectivity index (χ0n) is 20.5. The third-order valence-electron chi connectivity index (χ3n) is 5.30. The SMILES string of the molecule is Cc1ccc(S(=O)N(CC(C)C)c2cc(Cl)c(C)cc2OCc2ccc(/C=C/C(=O)O)cc2C)o1. The van der Waals surface area contributed by atoms with Crippen LogP contribution in [0.3, 0.4) is 0 Å². The minimum absolute atomic E-state index is 0.219. The number of hydrogen-bond donors (Lipinski definition) is 1. The summed E-state index contributed by atoms with van der Waals surface area (Å²) < 4.78 is 27.2. The van der Waals surface area contributed by atoms with Crippen molar-refractivity contribution in [3.05, 3.63) is 81.6 Å². The molecule has 3 rings (SSSR count). The lowest BCUT2D eigenvalue weighted by Gasteiger charge is -2.27. The monoisotopic (exact) mass is 515 g/mol. The summed E-state index contributed by atoms with van der Waals surface area (Å²) in [5, 5.41) is 9.76. The van der Waals surface area contributed by atoms with Crippen molar-refractivity contribution in [1.29, 1.82) is 0 Å². The second kappa shape index (κ2) is 11.6. The maximum absolute atomic E-state index is 13.5. The first-order valence-corrected chi connectivity index (χ1v) is 12.7. The zero-order chi connectivity index (χ0) is 25.7. The van der Waals surface area contributed by atoms with Crippen LogP contribution in [0.25, 0.3) is 6.08 Å². The molecule has 0 radical (unpaired) electrons. The van der Waals surface area contributed by atoms with Crippen LogP contribution < -0.4 is 9.04 Å². The highest BCUT2D eigenvalue weighted by atomic mass is 35.5. The third kappa shape index (κ3) is 6.99. The van der Waals surface area contributed by atoms with Crippen LogP contribution in [0, 0.1) is 26.7 Å². The number of halogens is 1. The van der Waals surface area contributed by atoms with Crippen LogP contribution in [0.2, 0.25) is 5.02 Å². The first-order valence-electron chi connectivity index (χ1n) is 11.2. The molecule has 35 heavy (non-hydrogen) atoms. The molecule has 1 atom stereocenters. The molecule has 0 saturated carbocycles. The molecular weight excluding hydrogens is 486 g/mol. The summed E-state index contributed by atoms with van der Waals surface area (Å²) in [5.41, 5.74) is 4.19. The Hall–Kier alpha value is -3.03. The second-order valence-corrected chi connectivity index (χ2v) is 10.5. The molecule has 0 aliphatic heterocycles. The maximum Gasteiger partial charge on any atom is 0.328 e. The molecule has 0 aliphatic rings. The number of benzene rings is 2. The minimum Gasteiger partial charge on any atom is -0.487 e. The summed E-state index contributed by atoms with van der Waals surface area (Å²) in [6.07, 6.45) is 2.66. The van der Waals surface area contributed by atoms with Gasteiger partial charge in [0.2, 0.25) is 5.09 Å². The molecule has 3 aromatic rings. The van der Waals surface area contributed by atoms with Gasteiger partial charge in [-0.3, -0.25) is 4.31 Å². The van der Waals surface area contributed by atoms with Crippen molar-refractivity contribution in [2.24, 2.45) is 5.92 Å². The van der Waals surface area contributed by atoms with Crippen molar-refractivity contribution < 1.29 is 23.3 Å². The Bertz CT molecular complexity index is 1260. The van der Waals surface area contributed by atoms with Crippen molar-refractivity contribution in [3.63, 3.8) is 0 Å². The minimum atomic E-state index is -1.59. The van der Waals surface area contributed by atoms with Crippen LogP contribution in [0.15, 0.2) is 58.1 Å². The van der Waals surface area contributed by atoms with Crippen LogP contribution in [0.1, 0.15) is 41.9 Å². The molecule has 0 saturated heterocycles. The van der Waals surface area contributed by atoms with E-state index in [9.17, 15) is 9.00 Å². The smallest absolute Gasteiger partial charge is 0.328 e. The summed E-state index contributed by atoms with van der Waals surface area (Å²) in [5.74, 6) is 0.483. The number of aryl methyl sites for hydroxylation is 3. The van der Waals surface area contributed by atoms with E-state index in [1.54, 1.807) is 28.6 Å². The summed E-state index contributed by atoms with van der Waals surface area (Å²) in [6.45, 7) is 10.6. The van der Waals surface area contributed by atoms with E-state index in [1.165, 1.54) is 0 Å². The van der Waals surface area contributed by atoms with Crippen LogP contribution in [-0.2, 0) is 22.4 Å². The first kappa shape index (κ1) is 26.6. The van der Waals surface area contributed by atoms with Gasteiger partial charge in [0.05, 0.1) is 5.69 Å². The lowest BCUT2D eigenvalue weighted by molar-refractivity contribution is -0.131. The number of carboxylic acid groups (broad SMARTS) is 1. The first-order chi connectivity index (χ1) is 16.5. The summed E-state index contributed by atoms with van der Waals surface area (Å²) >= 11 is 6.48. The molecular formula is C27H30ClNO5S. The number of nitrogens with zero attached hydrogens (tertiary/aromatic N) is 1. The lowest BCUT2D eigenvalue weighted by Crippen LogP contribution is -2.30. The van der Waals surface area contributed by atoms with E-state index >= 15 is 0 Å². The van der Waals surface area contributed by atoms with Crippen molar-refractivity contribution in [2.45, 2.75) is 46.3 Å². The molecule has 0 aliphatic carbocycles. The molecule has 0 amide bonds. The molecule has 0 bridgehead atoms. The molecule has 0 spiro atoms. The Morgan fingerprint density at radius 1 is 1.14 bits per heavy atom. The van der Waals surface area contributed by atoms with E-state index in [1.807, 2.05) is 45.0 Å². The number of anilines is 1. The summed E-state index contributed by atoms with van der Waals surface area (Å²) in [4.78, 5) is 10.8. The number of rotatable bonds is 10. The van der Waals surface area contributed by atoms with E-state index in [-0.39, 0.29) is 12.5 Å². The quantitative estimate of drug-likeness (QED) is 0.303. The van der Waals surface area contributed by atoms with Gasteiger partial charge in [0.15, 0.2) is 11.0 Å². The Balaban J connectivity index is 1.93. The van der Waals surface area contributed by atoms with Crippen LogP contribution in [-0.4, -0.2) is 21.8 Å². The highest BCUT2D eigenvalue weighted by Crippen LogP contribution is 2.37. The van der Waals surface area contributed by atoms with Gasteiger partial charge >= 0.3 is 5.97 Å². The van der Waals surface area contributed by atoms with E-state index in [0.29, 0.717) is 33.9 Å². The number of carbonyl (C=O) groups is 1. The third-order valence-corrected chi connectivity index (χ3v) is 7.01. The number of furan rings is 1. The van der Waals surface area contributed by atoms with Gasteiger partial charge in [-0.2, -0.15) is 0 Å². The summed E-state index contributed by atoms with van der Waals surface area (Å²) in [6, 6.07) is 12.8. The average molecular weight is 516 g/mol. The molecule has 186 valence electrons. The molecule has 8 heteroatoms. The van der Waals surface area contributed by atoms with E-state index in [2.05, 4.69) is 13.8 Å². The number of aliphatic carboxylic acids is 1. The fourth-order valence-corrected chi connectivity index (χ4v) is 4.98. The summed E-state index contributed by atoms with van der Waals surface area (Å²) in [7, 11) is -1.59. The largest absolute Gasteiger partial charge is 0.487 e. The van der Waals surface area contributed by atoms with E-state index in [4.69, 9.17) is 25.9 Å². The van der Waals surface area contributed by atoms with Gasteiger partial charge in [0.25, 0.3) is 0 Å². The number of ether oxygens (including phenoxy) is 1. The van der Waals surface area contributed by atoms with Crippen LogP contribution in [0.4, 0.5) is 5.69 Å². The lowest BCUT2D eigenvalue weighted by atomic mass is 10.1. The predicted molar refractivity (Wildman–Crippen MR) is 140 cm³/mol. The van der Waals surface area contributed by atoms with Crippen LogP contribution >= 0.6 is 11.6 Å². The van der Waals surface area contributed by atoms with Crippen LogP contribution in [0.5, 0.6) is 5.75 Å². The van der Waals surface area contributed by atoms with Gasteiger partial charge < -0.3 is 14.3 Å². The molecule has 6 nitrogen and oxygen atoms in total. The van der Waals surface area contributed by atoms with E-state index in [0.717, 1.165) is 28.3 Å². The number of hydrogen-bond acceptors (Lipinski definition) is 4.